The molecule has 3 rings (SSSR count). The number of nitrogens with zero attached hydrogens (tertiary/aromatic N) is 1. The SMILES string of the molecule is Cc1ccc(S(=O)(=O)OC2NCC3CN(S(C)(=O)=O)CC32)cc1. The molecule has 2 aliphatic heterocycles. The molecule has 2 heterocycles. The Morgan fingerprint density at radius 2 is 1.78 bits per heavy atom. The van der Waals surface area contributed by atoms with Crippen molar-refractivity contribution in [2.45, 2.75) is 18.0 Å². The number of rotatable bonds is 4. The third kappa shape index (κ3) is 3.43. The van der Waals surface area contributed by atoms with Gasteiger partial charge >= 0.3 is 0 Å². The van der Waals surface area contributed by atoms with Crippen LogP contribution in [0.1, 0.15) is 5.56 Å². The highest BCUT2D eigenvalue weighted by molar-refractivity contribution is 7.88. The highest BCUT2D eigenvalue weighted by Gasteiger charge is 2.47. The summed E-state index contributed by atoms with van der Waals surface area (Å²) >= 11 is 0. The molecule has 7 nitrogen and oxygen atoms in total. The Morgan fingerprint density at radius 3 is 2.39 bits per heavy atom. The summed E-state index contributed by atoms with van der Waals surface area (Å²) in [5.74, 6) is -0.0899. The molecule has 0 aliphatic carbocycles. The molecular formula is C14H20N2O5S2. The third-order valence-electron chi connectivity index (χ3n) is 4.44. The van der Waals surface area contributed by atoms with Crippen molar-refractivity contribution in [1.82, 2.24) is 9.62 Å². The number of nitrogens with one attached hydrogen (secondary N) is 1. The van der Waals surface area contributed by atoms with E-state index in [9.17, 15) is 16.8 Å². The van der Waals surface area contributed by atoms with Crippen molar-refractivity contribution in [3.63, 3.8) is 0 Å². The first-order chi connectivity index (χ1) is 10.7. The summed E-state index contributed by atoms with van der Waals surface area (Å²) in [5.41, 5.74) is 0.961. The number of benzene rings is 1. The summed E-state index contributed by atoms with van der Waals surface area (Å²) in [6, 6.07) is 6.44. The first kappa shape index (κ1) is 16.8. The largest absolute Gasteiger partial charge is 0.298 e. The normalized spacial score (nSPS) is 28.9. The van der Waals surface area contributed by atoms with Crippen LogP contribution in [-0.2, 0) is 24.3 Å². The molecule has 1 aromatic rings. The van der Waals surface area contributed by atoms with Gasteiger partial charge in [-0.15, -0.1) is 0 Å². The van der Waals surface area contributed by atoms with E-state index in [2.05, 4.69) is 5.32 Å². The summed E-state index contributed by atoms with van der Waals surface area (Å²) < 4.78 is 54.8. The van der Waals surface area contributed by atoms with Crippen molar-refractivity contribution < 1.29 is 21.0 Å². The fraction of sp³-hybridized carbons (Fsp3) is 0.571. The number of aryl methyl sites for hydroxylation is 1. The Hall–Kier alpha value is -1.00. The minimum atomic E-state index is -3.88. The molecule has 128 valence electrons. The van der Waals surface area contributed by atoms with Gasteiger partial charge < -0.3 is 0 Å². The summed E-state index contributed by atoms with van der Waals surface area (Å²) in [5, 5.41) is 3.04. The minimum Gasteiger partial charge on any atom is -0.290 e. The van der Waals surface area contributed by atoms with Gasteiger partial charge in [0.1, 0.15) is 6.23 Å². The number of sulfonamides is 1. The van der Waals surface area contributed by atoms with Crippen LogP contribution in [-0.4, -0.2) is 53.3 Å². The molecule has 9 heteroatoms. The Labute approximate surface area is 136 Å². The smallest absolute Gasteiger partial charge is 0.290 e. The van der Waals surface area contributed by atoms with Gasteiger partial charge in [-0.2, -0.15) is 8.42 Å². The van der Waals surface area contributed by atoms with Crippen LogP contribution in [0.25, 0.3) is 0 Å². The fourth-order valence-corrected chi connectivity index (χ4v) is 5.08. The van der Waals surface area contributed by atoms with Crippen LogP contribution in [0.5, 0.6) is 0 Å². The Balaban J connectivity index is 1.75. The van der Waals surface area contributed by atoms with Crippen LogP contribution in [0.15, 0.2) is 29.2 Å². The number of hydrogen-bond acceptors (Lipinski definition) is 6. The van der Waals surface area contributed by atoms with Gasteiger partial charge in [-0.25, -0.2) is 16.9 Å². The first-order valence-electron chi connectivity index (χ1n) is 7.35. The van der Waals surface area contributed by atoms with Crippen molar-refractivity contribution in [2.75, 3.05) is 25.9 Å². The lowest BCUT2D eigenvalue weighted by molar-refractivity contribution is 0.143. The van der Waals surface area contributed by atoms with Gasteiger partial charge in [-0.1, -0.05) is 17.7 Å². The van der Waals surface area contributed by atoms with Crippen LogP contribution in [0.3, 0.4) is 0 Å². The Morgan fingerprint density at radius 1 is 1.13 bits per heavy atom. The molecular weight excluding hydrogens is 340 g/mol. The van der Waals surface area contributed by atoms with E-state index in [1.807, 2.05) is 6.92 Å². The minimum absolute atomic E-state index is 0.0722. The van der Waals surface area contributed by atoms with Crippen molar-refractivity contribution in [3.05, 3.63) is 29.8 Å². The second-order valence-corrected chi connectivity index (χ2v) is 9.75. The number of fused-ring (bicyclic) bond motifs is 1. The molecule has 0 saturated carbocycles. The molecule has 3 atom stereocenters. The van der Waals surface area contributed by atoms with E-state index < -0.39 is 26.4 Å². The average Bonchev–Trinajstić information content (AvgIpc) is 3.01. The molecule has 0 radical (unpaired) electrons. The molecule has 0 aromatic heterocycles. The predicted molar refractivity (Wildman–Crippen MR) is 84.6 cm³/mol. The van der Waals surface area contributed by atoms with Crippen LogP contribution < -0.4 is 5.32 Å². The van der Waals surface area contributed by atoms with E-state index in [-0.39, 0.29) is 23.3 Å². The van der Waals surface area contributed by atoms with E-state index in [1.165, 1.54) is 22.7 Å². The lowest BCUT2D eigenvalue weighted by Crippen LogP contribution is -2.37. The molecule has 1 aromatic carbocycles. The monoisotopic (exact) mass is 360 g/mol. The second kappa shape index (κ2) is 5.82. The van der Waals surface area contributed by atoms with Crippen molar-refractivity contribution in [2.24, 2.45) is 11.8 Å². The van der Waals surface area contributed by atoms with Gasteiger partial charge in [-0.3, -0.25) is 5.32 Å². The topological polar surface area (TPSA) is 92.8 Å². The Bertz CT molecular complexity index is 789. The van der Waals surface area contributed by atoms with Gasteiger partial charge in [0.2, 0.25) is 10.0 Å². The predicted octanol–water partition coefficient (Wildman–Crippen LogP) is 0.137. The summed E-state index contributed by atoms with van der Waals surface area (Å²) in [4.78, 5) is 0.103. The van der Waals surface area contributed by atoms with Crippen LogP contribution in [0, 0.1) is 18.8 Å². The maximum absolute atomic E-state index is 12.4. The van der Waals surface area contributed by atoms with E-state index in [0.717, 1.165) is 5.56 Å². The van der Waals surface area contributed by atoms with E-state index in [0.29, 0.717) is 13.1 Å². The summed E-state index contributed by atoms with van der Waals surface area (Å²) in [6.45, 7) is 3.11. The first-order valence-corrected chi connectivity index (χ1v) is 10.6. The molecule has 3 unspecified atom stereocenters. The lowest BCUT2D eigenvalue weighted by Gasteiger charge is -2.20. The second-order valence-electron chi connectivity index (χ2n) is 6.20. The van der Waals surface area contributed by atoms with Crippen LogP contribution in [0.2, 0.25) is 0 Å². The van der Waals surface area contributed by atoms with Crippen LogP contribution in [0.4, 0.5) is 0 Å². The zero-order valence-corrected chi connectivity index (χ0v) is 14.6. The van der Waals surface area contributed by atoms with E-state index in [1.54, 1.807) is 12.1 Å². The quantitative estimate of drug-likeness (QED) is 0.768. The Kier molecular flexibility index (Phi) is 4.26. The van der Waals surface area contributed by atoms with Gasteiger partial charge in [-0.05, 0) is 25.0 Å². The van der Waals surface area contributed by atoms with Gasteiger partial charge in [0.25, 0.3) is 10.1 Å². The standard InChI is InChI=1S/C14H20N2O5S2/c1-10-3-5-12(6-4-10)23(19,20)21-14-13-9-16(22(2,17)18)8-11(13)7-15-14/h3-6,11,13-15H,7-9H2,1-2H3. The number of hydrogen-bond donors (Lipinski definition) is 1. The van der Waals surface area contributed by atoms with Crippen molar-refractivity contribution in [1.29, 1.82) is 0 Å². The maximum atomic E-state index is 12.4. The molecule has 1 N–H and O–H groups in total. The molecule has 0 bridgehead atoms. The zero-order chi connectivity index (χ0) is 16.8. The summed E-state index contributed by atoms with van der Waals surface area (Å²) in [7, 11) is -7.15. The van der Waals surface area contributed by atoms with Crippen molar-refractivity contribution in [3.8, 4) is 0 Å². The average molecular weight is 360 g/mol. The van der Waals surface area contributed by atoms with Gasteiger partial charge in [0.15, 0.2) is 0 Å². The molecule has 2 aliphatic rings. The molecule has 0 amide bonds. The highest BCUT2D eigenvalue weighted by atomic mass is 32.2. The summed E-state index contributed by atoms with van der Waals surface area (Å²) in [6.07, 6.45) is 0.471. The molecule has 0 spiro atoms. The lowest BCUT2D eigenvalue weighted by atomic mass is 10.00. The molecule has 2 fully saturated rings. The third-order valence-corrected chi connectivity index (χ3v) is 6.98. The molecule has 2 saturated heterocycles. The van der Waals surface area contributed by atoms with E-state index in [4.69, 9.17) is 4.18 Å². The maximum Gasteiger partial charge on any atom is 0.298 e. The van der Waals surface area contributed by atoms with Crippen LogP contribution >= 0.6 is 0 Å². The van der Waals surface area contributed by atoms with E-state index >= 15 is 0 Å². The van der Waals surface area contributed by atoms with Gasteiger partial charge in [0, 0.05) is 25.6 Å². The van der Waals surface area contributed by atoms with Crippen molar-refractivity contribution >= 4 is 20.1 Å². The highest BCUT2D eigenvalue weighted by Crippen LogP contribution is 2.33. The molecule has 23 heavy (non-hydrogen) atoms. The zero-order valence-electron chi connectivity index (χ0n) is 13.0. The van der Waals surface area contributed by atoms with Gasteiger partial charge in [0.05, 0.1) is 11.2 Å². The fourth-order valence-electron chi connectivity index (χ4n) is 3.11.